The van der Waals surface area contributed by atoms with E-state index in [2.05, 4.69) is 10.2 Å². The fourth-order valence-corrected chi connectivity index (χ4v) is 4.11. The van der Waals surface area contributed by atoms with Gasteiger partial charge in [0.15, 0.2) is 0 Å². The van der Waals surface area contributed by atoms with Gasteiger partial charge in [-0.25, -0.2) is 0 Å². The molecule has 6 nitrogen and oxygen atoms in total. The minimum Gasteiger partial charge on any atom is -0.491 e. The third-order valence-corrected chi connectivity index (χ3v) is 5.68. The molecule has 2 unspecified atom stereocenters. The van der Waals surface area contributed by atoms with Crippen molar-refractivity contribution in [2.24, 2.45) is 0 Å². The summed E-state index contributed by atoms with van der Waals surface area (Å²) in [6.45, 7) is 7.40. The first kappa shape index (κ1) is 20.4. The molecule has 3 aliphatic heterocycles. The zero-order chi connectivity index (χ0) is 17.8. The summed E-state index contributed by atoms with van der Waals surface area (Å²) >= 11 is 0. The first-order valence-corrected chi connectivity index (χ1v) is 9.88. The third-order valence-electron chi connectivity index (χ3n) is 5.68. The number of piperazine rings is 1. The second-order valence-electron chi connectivity index (χ2n) is 7.45. The maximum Gasteiger partial charge on any atom is 0.253 e. The largest absolute Gasteiger partial charge is 0.491 e. The van der Waals surface area contributed by atoms with Gasteiger partial charge in [0.25, 0.3) is 5.91 Å². The molecular formula is C20H30ClN3O3. The van der Waals surface area contributed by atoms with Crippen LogP contribution in [0.1, 0.15) is 29.6 Å². The molecule has 3 heterocycles. The lowest BCUT2D eigenvalue weighted by molar-refractivity contribution is 0.0679. The number of hydrogen-bond acceptors (Lipinski definition) is 5. The van der Waals surface area contributed by atoms with Crippen molar-refractivity contribution in [1.29, 1.82) is 0 Å². The number of likely N-dealkylation sites (tertiary alicyclic amines) is 1. The molecule has 3 saturated heterocycles. The number of rotatable bonds is 5. The molecule has 3 fully saturated rings. The van der Waals surface area contributed by atoms with Crippen LogP contribution in [0.3, 0.4) is 0 Å². The van der Waals surface area contributed by atoms with Crippen molar-refractivity contribution in [2.45, 2.75) is 31.4 Å². The Kier molecular flexibility index (Phi) is 7.35. The molecule has 0 radical (unpaired) electrons. The molecule has 0 aliphatic carbocycles. The zero-order valence-corrected chi connectivity index (χ0v) is 16.6. The first-order chi connectivity index (χ1) is 12.8. The molecule has 7 heteroatoms. The highest BCUT2D eigenvalue weighted by molar-refractivity contribution is 5.94. The monoisotopic (exact) mass is 395 g/mol. The van der Waals surface area contributed by atoms with Crippen molar-refractivity contribution in [3.8, 4) is 5.75 Å². The molecule has 3 aliphatic rings. The Balaban J connectivity index is 0.00000210. The van der Waals surface area contributed by atoms with Crippen molar-refractivity contribution in [3.05, 3.63) is 29.8 Å². The van der Waals surface area contributed by atoms with Gasteiger partial charge in [0, 0.05) is 57.5 Å². The molecule has 0 spiro atoms. The lowest BCUT2D eigenvalue weighted by Gasteiger charge is -2.32. The van der Waals surface area contributed by atoms with Crippen LogP contribution in [0.2, 0.25) is 0 Å². The zero-order valence-electron chi connectivity index (χ0n) is 15.8. The smallest absolute Gasteiger partial charge is 0.253 e. The molecule has 0 bridgehead atoms. The topological polar surface area (TPSA) is 54.0 Å². The number of hydrogen-bond donors (Lipinski definition) is 1. The summed E-state index contributed by atoms with van der Waals surface area (Å²) in [5.74, 6) is 0.936. The summed E-state index contributed by atoms with van der Waals surface area (Å²) in [7, 11) is 0. The van der Waals surface area contributed by atoms with E-state index in [1.165, 1.54) is 0 Å². The summed E-state index contributed by atoms with van der Waals surface area (Å²) in [5.41, 5.74) is 0.746. The third kappa shape index (κ3) is 5.13. The second kappa shape index (κ2) is 9.73. The molecule has 0 aromatic heterocycles. The van der Waals surface area contributed by atoms with E-state index in [9.17, 15) is 4.79 Å². The van der Waals surface area contributed by atoms with Crippen LogP contribution in [0, 0.1) is 0 Å². The van der Waals surface area contributed by atoms with Gasteiger partial charge in [-0.2, -0.15) is 0 Å². The number of nitrogens with zero attached hydrogens (tertiary/aromatic N) is 2. The van der Waals surface area contributed by atoms with Crippen molar-refractivity contribution >= 4 is 18.3 Å². The van der Waals surface area contributed by atoms with E-state index >= 15 is 0 Å². The predicted octanol–water partition coefficient (Wildman–Crippen LogP) is 1.79. The number of carbonyl (C=O) groups excluding carboxylic acids is 1. The molecule has 4 rings (SSSR count). The summed E-state index contributed by atoms with van der Waals surface area (Å²) in [4.78, 5) is 17.3. The Morgan fingerprint density at radius 3 is 2.63 bits per heavy atom. The number of halogens is 1. The van der Waals surface area contributed by atoms with E-state index in [-0.39, 0.29) is 24.4 Å². The average Bonchev–Trinajstić information content (AvgIpc) is 3.39. The Labute approximate surface area is 167 Å². The number of benzene rings is 1. The molecular weight excluding hydrogens is 366 g/mol. The SMILES string of the molecule is Cl.O=C(c1ccc(OCC2CCCO2)cc1)N1CCC(N2CCNCC2)C1. The average molecular weight is 396 g/mol. The van der Waals surface area contributed by atoms with Crippen LogP contribution in [0.4, 0.5) is 0 Å². The summed E-state index contributed by atoms with van der Waals surface area (Å²) in [5, 5.41) is 3.39. The van der Waals surface area contributed by atoms with Gasteiger partial charge in [-0.15, -0.1) is 12.4 Å². The number of amides is 1. The van der Waals surface area contributed by atoms with Gasteiger partial charge in [-0.05, 0) is 43.5 Å². The van der Waals surface area contributed by atoms with Gasteiger partial charge >= 0.3 is 0 Å². The van der Waals surface area contributed by atoms with Gasteiger partial charge in [0.2, 0.25) is 0 Å². The van der Waals surface area contributed by atoms with Crippen LogP contribution in [-0.4, -0.2) is 80.3 Å². The van der Waals surface area contributed by atoms with E-state index in [4.69, 9.17) is 9.47 Å². The van der Waals surface area contributed by atoms with Crippen molar-refractivity contribution in [2.75, 3.05) is 52.5 Å². The van der Waals surface area contributed by atoms with E-state index < -0.39 is 0 Å². The molecule has 1 aromatic carbocycles. The van der Waals surface area contributed by atoms with Gasteiger partial charge in [-0.3, -0.25) is 9.69 Å². The highest BCUT2D eigenvalue weighted by Crippen LogP contribution is 2.21. The summed E-state index contributed by atoms with van der Waals surface area (Å²) in [6.07, 6.45) is 3.48. The van der Waals surface area contributed by atoms with Gasteiger partial charge in [0.1, 0.15) is 12.4 Å². The molecule has 27 heavy (non-hydrogen) atoms. The summed E-state index contributed by atoms with van der Waals surface area (Å²) < 4.78 is 11.4. The van der Waals surface area contributed by atoms with E-state index in [0.29, 0.717) is 12.6 Å². The highest BCUT2D eigenvalue weighted by atomic mass is 35.5. The van der Waals surface area contributed by atoms with Crippen molar-refractivity contribution in [1.82, 2.24) is 15.1 Å². The van der Waals surface area contributed by atoms with Gasteiger partial charge in [0.05, 0.1) is 6.10 Å². The van der Waals surface area contributed by atoms with Crippen molar-refractivity contribution in [3.63, 3.8) is 0 Å². The predicted molar refractivity (Wildman–Crippen MR) is 107 cm³/mol. The number of carbonyl (C=O) groups is 1. The quantitative estimate of drug-likeness (QED) is 0.823. The Morgan fingerprint density at radius 1 is 1.15 bits per heavy atom. The van der Waals surface area contributed by atoms with E-state index in [1.807, 2.05) is 29.2 Å². The lowest BCUT2D eigenvalue weighted by atomic mass is 10.2. The normalized spacial score (nSPS) is 26.0. The number of ether oxygens (including phenoxy) is 2. The first-order valence-electron chi connectivity index (χ1n) is 9.88. The van der Waals surface area contributed by atoms with Crippen LogP contribution in [-0.2, 0) is 4.74 Å². The van der Waals surface area contributed by atoms with Gasteiger partial charge < -0.3 is 19.7 Å². The molecule has 2 atom stereocenters. The molecule has 1 N–H and O–H groups in total. The van der Waals surface area contributed by atoms with Crippen LogP contribution in [0.25, 0.3) is 0 Å². The number of nitrogens with one attached hydrogen (secondary N) is 1. The van der Waals surface area contributed by atoms with Gasteiger partial charge in [-0.1, -0.05) is 0 Å². The van der Waals surface area contributed by atoms with Crippen LogP contribution in [0.15, 0.2) is 24.3 Å². The fraction of sp³-hybridized carbons (Fsp3) is 0.650. The highest BCUT2D eigenvalue weighted by Gasteiger charge is 2.31. The maximum atomic E-state index is 12.8. The summed E-state index contributed by atoms with van der Waals surface area (Å²) in [6, 6.07) is 8.06. The maximum absolute atomic E-state index is 12.8. The van der Waals surface area contributed by atoms with Crippen molar-refractivity contribution < 1.29 is 14.3 Å². The van der Waals surface area contributed by atoms with E-state index in [1.54, 1.807) is 0 Å². The second-order valence-corrected chi connectivity index (χ2v) is 7.45. The van der Waals surface area contributed by atoms with E-state index in [0.717, 1.165) is 76.5 Å². The lowest BCUT2D eigenvalue weighted by Crippen LogP contribution is -2.49. The van der Waals surface area contributed by atoms with Crippen LogP contribution < -0.4 is 10.1 Å². The molecule has 150 valence electrons. The fourth-order valence-electron chi connectivity index (χ4n) is 4.11. The Morgan fingerprint density at radius 2 is 1.93 bits per heavy atom. The molecule has 1 aromatic rings. The van der Waals surface area contributed by atoms with Crippen LogP contribution in [0.5, 0.6) is 5.75 Å². The minimum absolute atomic E-state index is 0. The molecule has 1 amide bonds. The molecule has 0 saturated carbocycles. The van der Waals surface area contributed by atoms with Crippen LogP contribution >= 0.6 is 12.4 Å². The Bertz CT molecular complexity index is 601. The standard InChI is InChI=1S/C20H29N3O3.ClH/c24-20(23-10-7-17(14-23)22-11-8-21-9-12-22)16-3-5-18(6-4-16)26-15-19-2-1-13-25-19;/h3-6,17,19,21H,1-2,7-15H2;1H. The Hall–Kier alpha value is -1.34. The minimum atomic E-state index is 0.